The van der Waals surface area contributed by atoms with E-state index in [-0.39, 0.29) is 31.1 Å². The van der Waals surface area contributed by atoms with Crippen LogP contribution in [0.3, 0.4) is 0 Å². The van der Waals surface area contributed by atoms with E-state index in [2.05, 4.69) is 0 Å². The molecule has 0 bridgehead atoms. The number of hydrogen-bond acceptors (Lipinski definition) is 5. The van der Waals surface area contributed by atoms with Crippen molar-refractivity contribution >= 4 is 25.5 Å². The van der Waals surface area contributed by atoms with Crippen LogP contribution in [0.2, 0.25) is 6.32 Å². The third-order valence-electron chi connectivity index (χ3n) is 3.30. The molecule has 1 fully saturated rings. The zero-order valence-corrected chi connectivity index (χ0v) is 10.3. The van der Waals surface area contributed by atoms with Crippen LogP contribution >= 0.6 is 12.4 Å². The summed E-state index contributed by atoms with van der Waals surface area (Å²) in [6, 6.07) is 0. The van der Waals surface area contributed by atoms with E-state index >= 15 is 0 Å². The molecule has 1 saturated carbocycles. The van der Waals surface area contributed by atoms with Gasteiger partial charge in [-0.25, -0.2) is 0 Å². The van der Waals surface area contributed by atoms with E-state index in [4.69, 9.17) is 20.9 Å². The van der Waals surface area contributed by atoms with Gasteiger partial charge in [-0.15, -0.1) is 12.4 Å². The molecule has 6 nitrogen and oxygen atoms in total. The molecule has 0 spiro atoms. The van der Waals surface area contributed by atoms with Gasteiger partial charge in [0, 0.05) is 0 Å². The molecule has 0 aromatic rings. The van der Waals surface area contributed by atoms with Crippen LogP contribution in [0.25, 0.3) is 0 Å². The first-order valence-corrected chi connectivity index (χ1v) is 5.42. The fourth-order valence-corrected chi connectivity index (χ4v) is 2.23. The average Bonchev–Trinajstić information content (AvgIpc) is 2.19. The molecule has 6 N–H and O–H groups in total. The third kappa shape index (κ3) is 4.11. The highest BCUT2D eigenvalue weighted by Crippen LogP contribution is 2.34. The van der Waals surface area contributed by atoms with E-state index in [0.717, 1.165) is 0 Å². The van der Waals surface area contributed by atoms with E-state index in [1.54, 1.807) is 0 Å². The minimum atomic E-state index is -1.59. The van der Waals surface area contributed by atoms with E-state index in [1.165, 1.54) is 0 Å². The van der Waals surface area contributed by atoms with Crippen LogP contribution in [-0.4, -0.2) is 45.0 Å². The predicted octanol–water partition coefficient (Wildman–Crippen LogP) is -0.786. The molecular formula is C9H19BClNO5. The Kier molecular flexibility index (Phi) is 6.43. The lowest BCUT2D eigenvalue weighted by atomic mass is 9.70. The van der Waals surface area contributed by atoms with Gasteiger partial charge in [-0.05, 0) is 31.5 Å². The number of rotatable bonds is 4. The summed E-state index contributed by atoms with van der Waals surface area (Å²) in [7, 11) is -1.37. The number of aliphatic carboxylic acids is 1. The maximum absolute atomic E-state index is 11.0. The summed E-state index contributed by atoms with van der Waals surface area (Å²) in [5.74, 6) is -1.18. The highest BCUT2D eigenvalue weighted by molar-refractivity contribution is 6.40. The second-order valence-electron chi connectivity index (χ2n) is 4.57. The molecule has 0 saturated heterocycles. The van der Waals surface area contributed by atoms with Crippen molar-refractivity contribution in [2.45, 2.75) is 43.6 Å². The fraction of sp³-hybridized carbons (Fsp3) is 0.889. The first kappa shape index (κ1) is 16.7. The Morgan fingerprint density at radius 3 is 2.47 bits per heavy atom. The number of carboxylic acid groups (broad SMARTS) is 1. The monoisotopic (exact) mass is 267 g/mol. The molecule has 8 heteroatoms. The molecule has 0 radical (unpaired) electrons. The molecular weight excluding hydrogens is 248 g/mol. The number of aliphatic hydroxyl groups is 1. The Labute approximate surface area is 106 Å². The Morgan fingerprint density at radius 1 is 1.41 bits per heavy atom. The van der Waals surface area contributed by atoms with Gasteiger partial charge in [0.05, 0.1) is 6.10 Å². The predicted molar refractivity (Wildman–Crippen MR) is 64.8 cm³/mol. The summed E-state index contributed by atoms with van der Waals surface area (Å²) >= 11 is 0. The number of hydrogen-bond donors (Lipinski definition) is 5. The van der Waals surface area contributed by atoms with Gasteiger partial charge in [0.25, 0.3) is 0 Å². The molecule has 3 atom stereocenters. The van der Waals surface area contributed by atoms with Gasteiger partial charge in [-0.2, -0.15) is 0 Å². The second-order valence-corrected chi connectivity index (χ2v) is 4.57. The van der Waals surface area contributed by atoms with Gasteiger partial charge in [0.15, 0.2) is 0 Å². The molecule has 100 valence electrons. The Bertz CT molecular complexity index is 268. The van der Waals surface area contributed by atoms with Gasteiger partial charge in [0.1, 0.15) is 5.54 Å². The van der Waals surface area contributed by atoms with Crippen LogP contribution in [0.15, 0.2) is 0 Å². The highest BCUT2D eigenvalue weighted by Gasteiger charge is 2.46. The normalized spacial score (nSPS) is 32.7. The van der Waals surface area contributed by atoms with Crippen molar-refractivity contribution in [1.29, 1.82) is 0 Å². The van der Waals surface area contributed by atoms with E-state index in [0.29, 0.717) is 19.3 Å². The minimum absolute atomic E-state index is 0. The zero-order chi connectivity index (χ0) is 12.3. The zero-order valence-electron chi connectivity index (χ0n) is 9.45. The topological polar surface area (TPSA) is 124 Å². The largest absolute Gasteiger partial charge is 0.480 e. The number of halogens is 1. The molecule has 17 heavy (non-hydrogen) atoms. The van der Waals surface area contributed by atoms with Gasteiger partial charge in [-0.3, -0.25) is 4.79 Å². The van der Waals surface area contributed by atoms with E-state index in [1.807, 2.05) is 0 Å². The highest BCUT2D eigenvalue weighted by atomic mass is 35.5. The summed E-state index contributed by atoms with van der Waals surface area (Å²) in [5.41, 5.74) is 4.07. The van der Waals surface area contributed by atoms with Crippen LogP contribution in [0.5, 0.6) is 0 Å². The Balaban J connectivity index is 0.00000256. The second kappa shape index (κ2) is 6.56. The first-order chi connectivity index (χ1) is 7.36. The number of aliphatic hydroxyl groups excluding tert-OH is 1. The summed E-state index contributed by atoms with van der Waals surface area (Å²) in [6.45, 7) is 0. The molecule has 1 aliphatic carbocycles. The smallest absolute Gasteiger partial charge is 0.451 e. The molecule has 0 aromatic carbocycles. The third-order valence-corrected chi connectivity index (χ3v) is 3.30. The summed E-state index contributed by atoms with van der Waals surface area (Å²) in [5, 5.41) is 36.0. The minimum Gasteiger partial charge on any atom is -0.480 e. The van der Waals surface area contributed by atoms with Crippen molar-refractivity contribution < 1.29 is 25.1 Å². The standard InChI is InChI=1S/C9H18BNO5.ClH/c11-9(8(13)14)5-6(1-2-7(9)12)3-4-10(15)16;/h6-7,12,15-16H,1-5,11H2,(H,13,14);1H/t6-,7+,9-;/m0./s1. The number of carbonyl (C=O) groups is 1. The Hall–Kier alpha value is -0.335. The van der Waals surface area contributed by atoms with Crippen LogP contribution in [0.1, 0.15) is 25.7 Å². The van der Waals surface area contributed by atoms with Crippen molar-refractivity contribution in [3.63, 3.8) is 0 Å². The quantitative estimate of drug-likeness (QED) is 0.425. The maximum Gasteiger partial charge on any atom is 0.451 e. The van der Waals surface area contributed by atoms with Crippen LogP contribution < -0.4 is 5.73 Å². The first-order valence-electron chi connectivity index (χ1n) is 5.42. The number of nitrogens with two attached hydrogens (primary N) is 1. The van der Waals surface area contributed by atoms with Gasteiger partial charge in [-0.1, -0.05) is 6.42 Å². The summed E-state index contributed by atoms with van der Waals surface area (Å²) in [4.78, 5) is 11.0. The molecule has 0 amide bonds. The van der Waals surface area contributed by atoms with Gasteiger partial charge >= 0.3 is 13.1 Å². The van der Waals surface area contributed by atoms with Crippen molar-refractivity contribution in [3.8, 4) is 0 Å². The van der Waals surface area contributed by atoms with Crippen molar-refractivity contribution in [3.05, 3.63) is 0 Å². The molecule has 1 rings (SSSR count). The van der Waals surface area contributed by atoms with Crippen LogP contribution in [0, 0.1) is 5.92 Å². The molecule has 0 unspecified atom stereocenters. The lowest BCUT2D eigenvalue weighted by molar-refractivity contribution is -0.151. The fourth-order valence-electron chi connectivity index (χ4n) is 2.23. The SMILES string of the molecule is Cl.N[C@@]1(C(=O)O)C[C@H](CCB(O)O)CC[C@H]1O. The summed E-state index contributed by atoms with van der Waals surface area (Å²) in [6.07, 6.45) is 0.874. The van der Waals surface area contributed by atoms with E-state index in [9.17, 15) is 9.90 Å². The average molecular weight is 268 g/mol. The maximum atomic E-state index is 11.0. The number of carboxylic acids is 1. The molecule has 1 aliphatic rings. The van der Waals surface area contributed by atoms with E-state index < -0.39 is 24.7 Å². The molecule has 0 aromatic heterocycles. The van der Waals surface area contributed by atoms with Crippen molar-refractivity contribution in [2.75, 3.05) is 0 Å². The van der Waals surface area contributed by atoms with Crippen molar-refractivity contribution in [2.24, 2.45) is 11.7 Å². The lowest BCUT2D eigenvalue weighted by Crippen LogP contribution is -2.60. The molecule has 0 heterocycles. The van der Waals surface area contributed by atoms with Crippen LogP contribution in [-0.2, 0) is 4.79 Å². The lowest BCUT2D eigenvalue weighted by Gasteiger charge is -2.38. The molecule has 0 aliphatic heterocycles. The van der Waals surface area contributed by atoms with Crippen molar-refractivity contribution in [1.82, 2.24) is 0 Å². The summed E-state index contributed by atoms with van der Waals surface area (Å²) < 4.78 is 0. The van der Waals surface area contributed by atoms with Gasteiger partial charge in [0.2, 0.25) is 0 Å². The van der Waals surface area contributed by atoms with Crippen LogP contribution in [0.4, 0.5) is 0 Å². The Morgan fingerprint density at radius 2 is 2.00 bits per heavy atom. The van der Waals surface area contributed by atoms with Gasteiger partial charge < -0.3 is 26.0 Å².